The summed E-state index contributed by atoms with van der Waals surface area (Å²) >= 11 is -4.62. The van der Waals surface area contributed by atoms with Crippen molar-refractivity contribution in [3.05, 3.63) is 80.9 Å². The van der Waals surface area contributed by atoms with Crippen molar-refractivity contribution in [3.8, 4) is 0 Å². The van der Waals surface area contributed by atoms with Gasteiger partial charge in [-0.15, -0.1) is 0 Å². The van der Waals surface area contributed by atoms with E-state index in [4.69, 9.17) is 17.0 Å². The van der Waals surface area contributed by atoms with E-state index in [9.17, 15) is 0 Å². The molecule has 0 aliphatic heterocycles. The van der Waals surface area contributed by atoms with Crippen LogP contribution in [0.5, 0.6) is 0 Å². The Morgan fingerprint density at radius 1 is 0.675 bits per heavy atom. The second kappa shape index (κ2) is 11.3. The fraction of sp³-hybridized carbons (Fsp3) is 0.556. The number of allylic oxidation sites excluding steroid dienone is 2. The molecular weight excluding hydrogens is 623 g/mol. The third-order valence-corrected chi connectivity index (χ3v) is 63.4. The molecule has 2 unspecified atom stereocenters. The zero-order valence-corrected chi connectivity index (χ0v) is 30.5. The Bertz CT molecular complexity index is 1340. The molecule has 2 aromatic carbocycles. The maximum atomic E-state index is 8.56. The molecule has 4 heteroatoms. The molecular formula is C36H49Cl2SiZr. The van der Waals surface area contributed by atoms with Crippen LogP contribution in [0.3, 0.4) is 0 Å². The second-order valence-electron chi connectivity index (χ2n) is 14.3. The molecule has 6 rings (SSSR count). The Morgan fingerprint density at radius 2 is 1.12 bits per heavy atom. The summed E-state index contributed by atoms with van der Waals surface area (Å²) in [6, 6.07) is 14.3. The fourth-order valence-corrected chi connectivity index (χ4v) is 41.4. The average Bonchev–Trinajstić information content (AvgIpc) is 3.53. The van der Waals surface area contributed by atoms with Crippen molar-refractivity contribution < 1.29 is 15.6 Å². The number of fused-ring (bicyclic) bond motifs is 2. The van der Waals surface area contributed by atoms with Gasteiger partial charge in [-0.05, 0) is 0 Å². The van der Waals surface area contributed by atoms with Crippen molar-refractivity contribution in [2.75, 3.05) is 0 Å². The minimum atomic E-state index is -4.62. The maximum absolute atomic E-state index is 8.56. The van der Waals surface area contributed by atoms with E-state index in [1.807, 2.05) is 0 Å². The second-order valence-corrected chi connectivity index (χ2v) is 56.8. The molecule has 40 heavy (non-hydrogen) atoms. The summed E-state index contributed by atoms with van der Waals surface area (Å²) in [4.78, 5) is 0. The number of hydrogen-bond acceptors (Lipinski definition) is 0. The number of hydrogen-bond donors (Lipinski definition) is 0. The van der Waals surface area contributed by atoms with Crippen LogP contribution in [-0.4, -0.2) is 5.92 Å². The average molecular weight is 672 g/mol. The van der Waals surface area contributed by atoms with Gasteiger partial charge in [0.05, 0.1) is 0 Å². The molecule has 0 spiro atoms. The monoisotopic (exact) mass is 669 g/mol. The Hall–Kier alpha value is -0.400. The van der Waals surface area contributed by atoms with Gasteiger partial charge < -0.3 is 0 Å². The summed E-state index contributed by atoms with van der Waals surface area (Å²) in [5.41, 5.74) is 12.0. The molecule has 4 aliphatic carbocycles. The summed E-state index contributed by atoms with van der Waals surface area (Å²) in [5, 5.41) is 0. The van der Waals surface area contributed by atoms with Crippen molar-refractivity contribution in [2.45, 2.75) is 117 Å². The van der Waals surface area contributed by atoms with E-state index in [0.29, 0.717) is 17.8 Å². The summed E-state index contributed by atoms with van der Waals surface area (Å²) in [6.45, 7) is 12.1. The molecule has 0 bridgehead atoms. The van der Waals surface area contributed by atoms with Gasteiger partial charge in [0.1, 0.15) is 0 Å². The van der Waals surface area contributed by atoms with Gasteiger partial charge in [-0.3, -0.25) is 0 Å². The van der Waals surface area contributed by atoms with Crippen LogP contribution in [0.1, 0.15) is 137 Å². The third-order valence-electron chi connectivity index (χ3n) is 11.4. The van der Waals surface area contributed by atoms with E-state index < -0.39 is 21.5 Å². The molecule has 2 aromatic rings. The van der Waals surface area contributed by atoms with Gasteiger partial charge in [0.15, 0.2) is 0 Å². The summed E-state index contributed by atoms with van der Waals surface area (Å²) in [5.74, 6) is 0.308. The normalized spacial score (nSPS) is 25.0. The van der Waals surface area contributed by atoms with Gasteiger partial charge in [0, 0.05) is 0 Å². The van der Waals surface area contributed by atoms with Crippen molar-refractivity contribution in [1.82, 2.24) is 0 Å². The molecule has 2 atom stereocenters. The Labute approximate surface area is 252 Å². The molecule has 0 aromatic heterocycles. The van der Waals surface area contributed by atoms with E-state index in [1.54, 1.807) is 11.1 Å². The third kappa shape index (κ3) is 4.69. The molecule has 0 saturated heterocycles. The Kier molecular flexibility index (Phi) is 8.35. The quantitative estimate of drug-likeness (QED) is 0.268. The van der Waals surface area contributed by atoms with Crippen molar-refractivity contribution in [3.63, 3.8) is 0 Å². The summed E-state index contributed by atoms with van der Waals surface area (Å²) in [6.07, 6.45) is 18.6. The predicted molar refractivity (Wildman–Crippen MR) is 177 cm³/mol. The van der Waals surface area contributed by atoms with E-state index in [1.165, 1.54) is 97.6 Å². The minimum absolute atomic E-state index is 0.214. The number of rotatable bonds is 6. The van der Waals surface area contributed by atoms with Crippen LogP contribution in [0.25, 0.3) is 12.2 Å². The van der Waals surface area contributed by atoms with Gasteiger partial charge in [0.2, 0.25) is 0 Å². The molecule has 4 aliphatic rings. The number of halogens is 2. The molecule has 0 nitrogen and oxygen atoms in total. The van der Waals surface area contributed by atoms with Crippen LogP contribution in [0, 0.1) is 5.92 Å². The van der Waals surface area contributed by atoms with E-state index in [2.05, 4.69) is 82.4 Å². The topological polar surface area (TPSA) is 0 Å². The molecule has 0 amide bonds. The summed E-state index contributed by atoms with van der Waals surface area (Å²) in [7, 11) is 17.1. The molecule has 0 heterocycles. The van der Waals surface area contributed by atoms with Crippen LogP contribution in [0.2, 0.25) is 13.1 Å². The molecule has 215 valence electrons. The van der Waals surface area contributed by atoms with Crippen LogP contribution in [-0.2, 0) is 15.6 Å². The molecule has 0 N–H and O–H groups in total. The van der Waals surface area contributed by atoms with Crippen LogP contribution in [0.4, 0.5) is 0 Å². The van der Waals surface area contributed by atoms with Crippen LogP contribution < -0.4 is 0 Å². The zero-order chi connectivity index (χ0) is 28.3. The fourth-order valence-electron chi connectivity index (χ4n) is 9.25. The first-order chi connectivity index (χ1) is 19.1. The molecule has 2 saturated carbocycles. The van der Waals surface area contributed by atoms with Crippen LogP contribution >= 0.6 is 17.0 Å². The van der Waals surface area contributed by atoms with E-state index in [0.717, 1.165) is 0 Å². The molecule has 0 radical (unpaired) electrons. The van der Waals surface area contributed by atoms with Gasteiger partial charge in [-0.1, -0.05) is 0 Å². The summed E-state index contributed by atoms with van der Waals surface area (Å²) < 4.78 is 0.430. The van der Waals surface area contributed by atoms with E-state index in [-0.39, 0.29) is 7.25 Å². The zero-order valence-electron chi connectivity index (χ0n) is 25.4. The predicted octanol–water partition coefficient (Wildman–Crippen LogP) is 12.0. The first-order valence-corrected chi connectivity index (χ1v) is 32.7. The first kappa shape index (κ1) is 29.7. The number of benzene rings is 2. The van der Waals surface area contributed by atoms with Crippen molar-refractivity contribution in [2.24, 2.45) is 5.92 Å². The van der Waals surface area contributed by atoms with Gasteiger partial charge in [-0.2, -0.15) is 0 Å². The van der Waals surface area contributed by atoms with E-state index >= 15 is 0 Å². The van der Waals surface area contributed by atoms with Gasteiger partial charge in [-0.25, -0.2) is 0 Å². The Balaban J connectivity index is 1.52. The van der Waals surface area contributed by atoms with Crippen molar-refractivity contribution in [1.29, 1.82) is 0 Å². The SMILES string of the molecule is CC1=Cc2c(C3CCCCC3)cccc2[CH]1[Zr]([Cl])([Cl])([CH]1C(C(C)C)=Cc2c(C3CCCCC3)cccc21)[SiH](C)C. The van der Waals surface area contributed by atoms with Gasteiger partial charge >= 0.3 is 255 Å². The standard InChI is InChI=1S/C18H23.C16H19.C2H7Si.2ClH.Zr/c1-13(2)16-11-15-9-6-10-17(18(15)12-16)14-7-4-3-5-8-14;1-12-10-14-8-5-9-15(16(14)11-12)13-6-3-2-4-7-13;1-3-2;;;/h6,9-14H,3-5,7-8H2,1-2H3;5,8-11,13H,2-4,6-7H2,1H3;3H,1-2H3;2*1H;/q;;;;;+2/p-2. The van der Waals surface area contributed by atoms with Crippen LogP contribution in [0.15, 0.2) is 47.5 Å². The van der Waals surface area contributed by atoms with Gasteiger partial charge in [0.25, 0.3) is 0 Å². The molecule has 2 fully saturated rings. The Morgan fingerprint density at radius 3 is 1.60 bits per heavy atom. The first-order valence-electron chi connectivity index (χ1n) is 16.3. The van der Waals surface area contributed by atoms with Crippen molar-refractivity contribution >= 4 is 35.1 Å².